The van der Waals surface area contributed by atoms with E-state index in [0.717, 1.165) is 0 Å². The number of nitrogens with zero attached hydrogens (tertiary/aromatic N) is 2. The van der Waals surface area contributed by atoms with Crippen molar-refractivity contribution in [2.75, 3.05) is 7.05 Å². The fourth-order valence-corrected chi connectivity index (χ4v) is 0.421. The highest BCUT2D eigenvalue weighted by Crippen LogP contribution is 1.80. The first-order valence-corrected chi connectivity index (χ1v) is 2.35. The molecule has 1 aliphatic heterocycles. The maximum atomic E-state index is 3.73. The summed E-state index contributed by atoms with van der Waals surface area (Å²) < 4.78 is 0. The summed E-state index contributed by atoms with van der Waals surface area (Å²) in [6.45, 7) is 0. The summed E-state index contributed by atoms with van der Waals surface area (Å²) in [6, 6.07) is 0. The standard InChI is InChI=1S/C4H8N4/c1-5-8-4-2-3-6-7-8/h2-5,7H,1H3. The second-order valence-electron chi connectivity index (χ2n) is 1.31. The molecule has 2 N–H and O–H groups in total. The van der Waals surface area contributed by atoms with Crippen LogP contribution in [0, 0.1) is 0 Å². The monoisotopic (exact) mass is 112 g/mol. The predicted octanol–water partition coefficient (Wildman–Crippen LogP) is -0.560. The Hall–Kier alpha value is -1.03. The fraction of sp³-hybridized carbons (Fsp3) is 0.250. The minimum atomic E-state index is 1.64. The van der Waals surface area contributed by atoms with Gasteiger partial charge in [0, 0.05) is 13.2 Å². The van der Waals surface area contributed by atoms with E-state index in [0.29, 0.717) is 0 Å². The molecule has 0 atom stereocenters. The third-order valence-corrected chi connectivity index (χ3v) is 0.802. The summed E-state index contributed by atoms with van der Waals surface area (Å²) in [5.74, 6) is 0. The van der Waals surface area contributed by atoms with E-state index in [1.165, 1.54) is 0 Å². The zero-order chi connectivity index (χ0) is 5.82. The summed E-state index contributed by atoms with van der Waals surface area (Å²) in [7, 11) is 1.80. The Morgan fingerprint density at radius 2 is 2.62 bits per heavy atom. The number of hydrazone groups is 1. The van der Waals surface area contributed by atoms with Gasteiger partial charge in [-0.25, -0.2) is 16.1 Å². The van der Waals surface area contributed by atoms with Gasteiger partial charge in [-0.15, -0.1) is 0 Å². The van der Waals surface area contributed by atoms with Crippen molar-refractivity contribution in [2.24, 2.45) is 5.10 Å². The number of rotatable bonds is 1. The Morgan fingerprint density at radius 1 is 1.75 bits per heavy atom. The van der Waals surface area contributed by atoms with Crippen LogP contribution < -0.4 is 11.0 Å². The molecule has 4 nitrogen and oxygen atoms in total. The first kappa shape index (κ1) is 5.11. The quantitative estimate of drug-likeness (QED) is 0.477. The van der Waals surface area contributed by atoms with E-state index in [4.69, 9.17) is 0 Å². The van der Waals surface area contributed by atoms with Crippen LogP contribution in [0.1, 0.15) is 0 Å². The predicted molar refractivity (Wildman–Crippen MR) is 31.7 cm³/mol. The van der Waals surface area contributed by atoms with Crippen LogP contribution in [0.2, 0.25) is 0 Å². The molecule has 0 radical (unpaired) electrons. The van der Waals surface area contributed by atoms with E-state index < -0.39 is 0 Å². The first-order chi connectivity index (χ1) is 3.93. The largest absolute Gasteiger partial charge is 0.217 e. The smallest absolute Gasteiger partial charge is 0.0504 e. The van der Waals surface area contributed by atoms with E-state index in [-0.39, 0.29) is 0 Å². The number of allylic oxidation sites excluding steroid dienone is 1. The van der Waals surface area contributed by atoms with Crippen LogP contribution in [0.25, 0.3) is 0 Å². The van der Waals surface area contributed by atoms with E-state index in [2.05, 4.69) is 16.1 Å². The molecule has 0 saturated heterocycles. The van der Waals surface area contributed by atoms with Crippen molar-refractivity contribution in [3.63, 3.8) is 0 Å². The highest BCUT2D eigenvalue weighted by molar-refractivity contribution is 5.70. The van der Waals surface area contributed by atoms with Gasteiger partial charge in [0.15, 0.2) is 0 Å². The number of hydrazine groups is 2. The highest BCUT2D eigenvalue weighted by Gasteiger charge is 1.90. The maximum Gasteiger partial charge on any atom is 0.0504 e. The maximum absolute atomic E-state index is 3.73. The Labute approximate surface area is 47.8 Å². The molecular weight excluding hydrogens is 104 g/mol. The molecule has 1 aliphatic rings. The lowest BCUT2D eigenvalue weighted by atomic mass is 10.6. The molecule has 0 fully saturated rings. The second-order valence-corrected chi connectivity index (χ2v) is 1.31. The van der Waals surface area contributed by atoms with Crippen molar-refractivity contribution in [1.82, 2.24) is 16.1 Å². The van der Waals surface area contributed by atoms with Crippen molar-refractivity contribution in [1.29, 1.82) is 0 Å². The zero-order valence-corrected chi connectivity index (χ0v) is 4.63. The van der Waals surface area contributed by atoms with Gasteiger partial charge in [-0.2, -0.15) is 5.10 Å². The van der Waals surface area contributed by atoms with Gasteiger partial charge in [0.1, 0.15) is 0 Å². The topological polar surface area (TPSA) is 39.7 Å². The molecule has 0 bridgehead atoms. The van der Waals surface area contributed by atoms with Gasteiger partial charge in [0.2, 0.25) is 0 Å². The van der Waals surface area contributed by atoms with Crippen LogP contribution in [0.3, 0.4) is 0 Å². The van der Waals surface area contributed by atoms with E-state index in [1.54, 1.807) is 18.4 Å². The molecule has 4 heteroatoms. The molecule has 0 aromatic rings. The average molecular weight is 112 g/mol. The average Bonchev–Trinajstić information content (AvgIpc) is 1.90. The van der Waals surface area contributed by atoms with Gasteiger partial charge in [0.25, 0.3) is 0 Å². The minimum Gasteiger partial charge on any atom is -0.217 e. The molecule has 44 valence electrons. The number of hydrogen-bond acceptors (Lipinski definition) is 4. The molecule has 0 spiro atoms. The molecule has 0 aromatic heterocycles. The molecule has 0 saturated carbocycles. The number of nitrogens with one attached hydrogen (secondary N) is 2. The van der Waals surface area contributed by atoms with Crippen molar-refractivity contribution in [3.05, 3.63) is 12.3 Å². The van der Waals surface area contributed by atoms with Crippen LogP contribution in [0.15, 0.2) is 17.4 Å². The van der Waals surface area contributed by atoms with Gasteiger partial charge in [-0.05, 0) is 6.08 Å². The van der Waals surface area contributed by atoms with Gasteiger partial charge in [-0.3, -0.25) is 0 Å². The normalized spacial score (nSPS) is 16.4. The van der Waals surface area contributed by atoms with Crippen molar-refractivity contribution >= 4 is 6.21 Å². The lowest BCUT2D eigenvalue weighted by molar-refractivity contribution is 0.209. The summed E-state index contributed by atoms with van der Waals surface area (Å²) >= 11 is 0. The lowest BCUT2D eigenvalue weighted by Crippen LogP contribution is -2.40. The van der Waals surface area contributed by atoms with Gasteiger partial charge >= 0.3 is 0 Å². The molecule has 0 aliphatic carbocycles. The van der Waals surface area contributed by atoms with Crippen LogP contribution in [-0.2, 0) is 0 Å². The van der Waals surface area contributed by atoms with E-state index >= 15 is 0 Å². The minimum absolute atomic E-state index is 1.64. The van der Waals surface area contributed by atoms with Crippen molar-refractivity contribution < 1.29 is 0 Å². The van der Waals surface area contributed by atoms with Crippen LogP contribution in [0.4, 0.5) is 0 Å². The molecular formula is C4H8N4. The Morgan fingerprint density at radius 3 is 3.00 bits per heavy atom. The SMILES string of the molecule is CNN1C=CC=NN1. The lowest BCUT2D eigenvalue weighted by Gasteiger charge is -2.18. The summed E-state index contributed by atoms with van der Waals surface area (Å²) in [4.78, 5) is 0. The third-order valence-electron chi connectivity index (χ3n) is 0.802. The van der Waals surface area contributed by atoms with Gasteiger partial charge in [0.05, 0.1) is 6.21 Å². The highest BCUT2D eigenvalue weighted by atomic mass is 15.8. The van der Waals surface area contributed by atoms with E-state index in [1.807, 2.05) is 12.3 Å². The van der Waals surface area contributed by atoms with Crippen LogP contribution in [0.5, 0.6) is 0 Å². The second kappa shape index (κ2) is 2.32. The van der Waals surface area contributed by atoms with Crippen LogP contribution >= 0.6 is 0 Å². The molecule has 1 rings (SSSR count). The Kier molecular flexibility index (Phi) is 1.48. The fourth-order valence-electron chi connectivity index (χ4n) is 0.421. The Balaban J connectivity index is 2.40. The molecule has 8 heavy (non-hydrogen) atoms. The molecule has 0 amide bonds. The van der Waals surface area contributed by atoms with Crippen LogP contribution in [-0.4, -0.2) is 18.4 Å². The zero-order valence-electron chi connectivity index (χ0n) is 4.63. The Bertz CT molecular complexity index is 117. The van der Waals surface area contributed by atoms with Gasteiger partial charge in [-0.1, -0.05) is 0 Å². The summed E-state index contributed by atoms with van der Waals surface area (Å²) in [6.07, 6.45) is 5.33. The van der Waals surface area contributed by atoms with Gasteiger partial charge < -0.3 is 0 Å². The summed E-state index contributed by atoms with van der Waals surface area (Å²) in [5, 5.41) is 5.37. The molecule has 0 unspecified atom stereocenters. The molecule has 1 heterocycles. The third kappa shape index (κ3) is 0.974. The summed E-state index contributed by atoms with van der Waals surface area (Å²) in [5.41, 5.74) is 5.50. The van der Waals surface area contributed by atoms with Crippen molar-refractivity contribution in [2.45, 2.75) is 0 Å². The van der Waals surface area contributed by atoms with E-state index in [9.17, 15) is 0 Å². The van der Waals surface area contributed by atoms with Crippen molar-refractivity contribution in [3.8, 4) is 0 Å². The number of hydrogen-bond donors (Lipinski definition) is 2. The first-order valence-electron chi connectivity index (χ1n) is 2.35. The molecule has 0 aromatic carbocycles.